The fraction of sp³-hybridized carbons (Fsp3) is 0.143. The molecule has 20 heavy (non-hydrogen) atoms. The summed E-state index contributed by atoms with van der Waals surface area (Å²) in [5, 5.41) is 4.13. The van der Waals surface area contributed by atoms with E-state index in [1.165, 1.54) is 0 Å². The summed E-state index contributed by atoms with van der Waals surface area (Å²) in [5.41, 5.74) is 2.10. The van der Waals surface area contributed by atoms with E-state index in [4.69, 9.17) is 23.2 Å². The Morgan fingerprint density at radius 1 is 1.05 bits per heavy atom. The zero-order valence-electron chi connectivity index (χ0n) is 10.9. The van der Waals surface area contributed by atoms with E-state index in [0.717, 1.165) is 21.3 Å². The van der Waals surface area contributed by atoms with Gasteiger partial charge in [0.05, 0.1) is 5.39 Å². The van der Waals surface area contributed by atoms with Crippen molar-refractivity contribution in [3.05, 3.63) is 39.8 Å². The minimum atomic E-state index is 0.477. The van der Waals surface area contributed by atoms with Crippen molar-refractivity contribution in [2.45, 2.75) is 0 Å². The highest BCUT2D eigenvalue weighted by Crippen LogP contribution is 2.37. The molecule has 3 rings (SSSR count). The third-order valence-corrected chi connectivity index (χ3v) is 4.33. The average Bonchev–Trinajstić information content (AvgIpc) is 2.84. The molecule has 0 aliphatic carbocycles. The molecule has 0 unspecified atom stereocenters. The van der Waals surface area contributed by atoms with Gasteiger partial charge in [-0.15, -0.1) is 11.3 Å². The van der Waals surface area contributed by atoms with Crippen LogP contribution in [-0.2, 0) is 0 Å². The van der Waals surface area contributed by atoms with Crippen LogP contribution < -0.4 is 4.90 Å². The molecule has 0 atom stereocenters. The van der Waals surface area contributed by atoms with Gasteiger partial charge in [-0.3, -0.25) is 0 Å². The van der Waals surface area contributed by atoms with Crippen molar-refractivity contribution in [2.24, 2.45) is 0 Å². The maximum Gasteiger partial charge on any atom is 0.227 e. The van der Waals surface area contributed by atoms with Crippen LogP contribution in [0.2, 0.25) is 10.2 Å². The lowest BCUT2D eigenvalue weighted by atomic mass is 10.1. The lowest BCUT2D eigenvalue weighted by Gasteiger charge is -2.10. The molecule has 2 heterocycles. The highest BCUT2D eigenvalue weighted by Gasteiger charge is 2.14. The Morgan fingerprint density at radius 2 is 1.75 bits per heavy atom. The van der Waals surface area contributed by atoms with Crippen molar-refractivity contribution in [1.82, 2.24) is 9.97 Å². The van der Waals surface area contributed by atoms with Crippen LogP contribution in [0.5, 0.6) is 0 Å². The molecule has 2 aromatic heterocycles. The van der Waals surface area contributed by atoms with E-state index in [9.17, 15) is 0 Å². The molecular formula is C14H11Cl2N3S. The number of halogens is 2. The van der Waals surface area contributed by atoms with Gasteiger partial charge in [-0.1, -0.05) is 35.3 Å². The van der Waals surface area contributed by atoms with Crippen LogP contribution in [0.4, 0.5) is 5.95 Å². The molecule has 3 nitrogen and oxygen atoms in total. The van der Waals surface area contributed by atoms with E-state index in [0.29, 0.717) is 16.1 Å². The fourth-order valence-corrected chi connectivity index (χ4v) is 3.32. The number of rotatable bonds is 2. The van der Waals surface area contributed by atoms with Crippen molar-refractivity contribution in [1.29, 1.82) is 0 Å². The van der Waals surface area contributed by atoms with Crippen LogP contribution in [0.3, 0.4) is 0 Å². The number of thiophene rings is 1. The molecule has 0 fully saturated rings. The number of aromatic nitrogens is 2. The minimum absolute atomic E-state index is 0.477. The third kappa shape index (κ3) is 2.35. The Bertz CT molecular complexity index is 766. The molecule has 102 valence electrons. The highest BCUT2D eigenvalue weighted by molar-refractivity contribution is 7.17. The molecule has 0 bridgehead atoms. The smallest absolute Gasteiger partial charge is 0.227 e. The monoisotopic (exact) mass is 323 g/mol. The van der Waals surface area contributed by atoms with E-state index >= 15 is 0 Å². The first-order valence-electron chi connectivity index (χ1n) is 5.94. The van der Waals surface area contributed by atoms with E-state index in [2.05, 4.69) is 9.97 Å². The summed E-state index contributed by atoms with van der Waals surface area (Å²) < 4.78 is 0. The first kappa shape index (κ1) is 13.6. The van der Waals surface area contributed by atoms with Crippen LogP contribution in [0.25, 0.3) is 21.3 Å². The van der Waals surface area contributed by atoms with Gasteiger partial charge in [0.1, 0.15) is 9.98 Å². The van der Waals surface area contributed by atoms with Crippen molar-refractivity contribution in [3.63, 3.8) is 0 Å². The van der Waals surface area contributed by atoms with Gasteiger partial charge in [0.15, 0.2) is 0 Å². The summed E-state index contributed by atoms with van der Waals surface area (Å²) >= 11 is 13.8. The molecular weight excluding hydrogens is 313 g/mol. The van der Waals surface area contributed by atoms with E-state index in [1.807, 2.05) is 48.6 Å². The number of anilines is 1. The van der Waals surface area contributed by atoms with Gasteiger partial charge in [0.2, 0.25) is 5.95 Å². The van der Waals surface area contributed by atoms with Gasteiger partial charge >= 0.3 is 0 Å². The second-order valence-electron chi connectivity index (χ2n) is 4.55. The second kappa shape index (κ2) is 5.20. The summed E-state index contributed by atoms with van der Waals surface area (Å²) in [6.45, 7) is 0. The molecule has 6 heteroatoms. The minimum Gasteiger partial charge on any atom is -0.347 e. The van der Waals surface area contributed by atoms with Gasteiger partial charge in [-0.25, -0.2) is 9.97 Å². The normalized spacial score (nSPS) is 11.0. The van der Waals surface area contributed by atoms with Crippen molar-refractivity contribution in [3.8, 4) is 11.1 Å². The van der Waals surface area contributed by atoms with E-state index in [1.54, 1.807) is 11.3 Å². The quantitative estimate of drug-likeness (QED) is 0.638. The van der Waals surface area contributed by atoms with Crippen LogP contribution >= 0.6 is 34.5 Å². The Morgan fingerprint density at radius 3 is 2.40 bits per heavy atom. The third-order valence-electron chi connectivity index (χ3n) is 2.93. The molecule has 0 saturated heterocycles. The predicted octanol–water partition coefficient (Wildman–Crippen LogP) is 4.73. The molecule has 0 N–H and O–H groups in total. The molecule has 0 saturated carbocycles. The van der Waals surface area contributed by atoms with Crippen molar-refractivity contribution in [2.75, 3.05) is 19.0 Å². The summed E-state index contributed by atoms with van der Waals surface area (Å²) in [7, 11) is 3.79. The molecule has 1 aromatic carbocycles. The fourth-order valence-electron chi connectivity index (χ4n) is 1.93. The Labute approximate surface area is 130 Å². The summed E-state index contributed by atoms with van der Waals surface area (Å²) in [6, 6.07) is 7.67. The van der Waals surface area contributed by atoms with Crippen molar-refractivity contribution < 1.29 is 0 Å². The van der Waals surface area contributed by atoms with Gasteiger partial charge in [0, 0.05) is 30.1 Å². The number of fused-ring (bicyclic) bond motifs is 1. The molecule has 0 aliphatic heterocycles. The molecule has 0 amide bonds. The number of nitrogens with zero attached hydrogens (tertiary/aromatic N) is 3. The number of hydrogen-bond donors (Lipinski definition) is 0. The lowest BCUT2D eigenvalue weighted by molar-refractivity contribution is 1.02. The van der Waals surface area contributed by atoms with Gasteiger partial charge < -0.3 is 4.90 Å². The van der Waals surface area contributed by atoms with Crippen LogP contribution in [0, 0.1) is 0 Å². The number of hydrogen-bond acceptors (Lipinski definition) is 4. The Hall–Kier alpha value is -1.36. The number of benzene rings is 1. The summed E-state index contributed by atoms with van der Waals surface area (Å²) in [5.74, 6) is 0.618. The zero-order valence-corrected chi connectivity index (χ0v) is 13.2. The van der Waals surface area contributed by atoms with Crippen LogP contribution in [-0.4, -0.2) is 24.1 Å². The maximum absolute atomic E-state index is 6.34. The molecule has 0 spiro atoms. The zero-order chi connectivity index (χ0) is 14.3. The predicted molar refractivity (Wildman–Crippen MR) is 87.2 cm³/mol. The Balaban J connectivity index is 2.21. The average molecular weight is 324 g/mol. The van der Waals surface area contributed by atoms with E-state index in [-0.39, 0.29) is 0 Å². The van der Waals surface area contributed by atoms with Crippen molar-refractivity contribution >= 4 is 50.7 Å². The first-order valence-corrected chi connectivity index (χ1v) is 7.58. The topological polar surface area (TPSA) is 29.0 Å². The molecule has 0 radical (unpaired) electrons. The highest BCUT2D eigenvalue weighted by atomic mass is 35.5. The van der Waals surface area contributed by atoms with E-state index < -0.39 is 0 Å². The summed E-state index contributed by atoms with van der Waals surface area (Å²) in [6.07, 6.45) is 0. The van der Waals surface area contributed by atoms with Gasteiger partial charge in [-0.05, 0) is 17.7 Å². The lowest BCUT2D eigenvalue weighted by Crippen LogP contribution is -2.12. The first-order chi connectivity index (χ1) is 9.56. The largest absolute Gasteiger partial charge is 0.347 e. The van der Waals surface area contributed by atoms with Gasteiger partial charge in [0.25, 0.3) is 0 Å². The second-order valence-corrected chi connectivity index (χ2v) is 6.20. The summed E-state index contributed by atoms with van der Waals surface area (Å²) in [4.78, 5) is 11.6. The van der Waals surface area contributed by atoms with Crippen LogP contribution in [0.1, 0.15) is 0 Å². The van der Waals surface area contributed by atoms with Crippen LogP contribution in [0.15, 0.2) is 29.6 Å². The van der Waals surface area contributed by atoms with Gasteiger partial charge in [-0.2, -0.15) is 0 Å². The molecule has 0 aliphatic rings. The SMILES string of the molecule is CN(C)c1nc(Cl)c2c(-c3ccc(Cl)cc3)csc2n1. The molecule has 3 aromatic rings. The maximum atomic E-state index is 6.34. The standard InChI is InChI=1S/C14H11Cl2N3S/c1-19(2)14-17-12(16)11-10(7-20-13(11)18-14)8-3-5-9(15)6-4-8/h3-7H,1-2H3. The Kier molecular flexibility index (Phi) is 3.54.